The van der Waals surface area contributed by atoms with Gasteiger partial charge in [-0.15, -0.1) is 0 Å². The predicted octanol–water partition coefficient (Wildman–Crippen LogP) is 2.19. The van der Waals surface area contributed by atoms with E-state index in [-0.39, 0.29) is 11.9 Å². The number of hydrogen-bond acceptors (Lipinski definition) is 5. The van der Waals surface area contributed by atoms with Crippen molar-refractivity contribution in [1.29, 1.82) is 0 Å². The summed E-state index contributed by atoms with van der Waals surface area (Å²) in [5.74, 6) is 0.821. The van der Waals surface area contributed by atoms with Gasteiger partial charge in [0.25, 0.3) is 5.91 Å². The molecule has 0 spiro atoms. The molecule has 3 rings (SSSR count). The van der Waals surface area contributed by atoms with E-state index >= 15 is 0 Å². The Bertz CT molecular complexity index is 735. The average Bonchev–Trinajstić information content (AvgIpc) is 3.08. The summed E-state index contributed by atoms with van der Waals surface area (Å²) in [5.41, 5.74) is 1.46. The fourth-order valence-corrected chi connectivity index (χ4v) is 3.28. The molecule has 1 aromatic carbocycles. The number of imidazole rings is 1. The summed E-state index contributed by atoms with van der Waals surface area (Å²) in [6.45, 7) is 7.39. The third kappa shape index (κ3) is 4.34. The van der Waals surface area contributed by atoms with Crippen molar-refractivity contribution in [1.82, 2.24) is 20.2 Å². The van der Waals surface area contributed by atoms with Crippen molar-refractivity contribution in [3.63, 3.8) is 0 Å². The molecule has 26 heavy (non-hydrogen) atoms. The lowest BCUT2D eigenvalue weighted by Gasteiger charge is -2.34. The number of benzene rings is 1. The van der Waals surface area contributed by atoms with Gasteiger partial charge in [-0.3, -0.25) is 4.79 Å². The van der Waals surface area contributed by atoms with Crippen LogP contribution in [0.1, 0.15) is 37.3 Å². The lowest BCUT2D eigenvalue weighted by atomic mass is 10.0. The largest absolute Gasteiger partial charge is 0.489 e. The lowest BCUT2D eigenvalue weighted by Crippen LogP contribution is -2.46. The number of nitrogens with zero attached hydrogens (tertiary/aromatic N) is 2. The molecule has 2 heterocycles. The molecule has 0 bridgehead atoms. The van der Waals surface area contributed by atoms with E-state index in [1.807, 2.05) is 18.2 Å². The molecule has 142 valence electrons. The number of hydrogen-bond donors (Lipinski definition) is 2. The Balaban J connectivity index is 1.64. The molecule has 0 atom stereocenters. The number of aromatic nitrogens is 2. The van der Waals surface area contributed by atoms with Crippen LogP contribution in [0.3, 0.4) is 0 Å². The molecule has 2 N–H and O–H groups in total. The maximum atomic E-state index is 12.6. The number of carbonyl (C=O) groups excluding carboxylic acids is 1. The van der Waals surface area contributed by atoms with Crippen LogP contribution < -0.4 is 10.1 Å². The number of rotatable bonds is 7. The fraction of sp³-hybridized carbons (Fsp3) is 0.579. The zero-order valence-electron chi connectivity index (χ0n) is 15.7. The first-order valence-electron chi connectivity index (χ1n) is 9.24. The highest BCUT2D eigenvalue weighted by molar-refractivity contribution is 5.95. The second-order valence-corrected chi connectivity index (χ2v) is 6.96. The third-order valence-electron chi connectivity index (χ3n) is 4.83. The summed E-state index contributed by atoms with van der Waals surface area (Å²) in [6.07, 6.45) is 1.94. The van der Waals surface area contributed by atoms with Gasteiger partial charge in [0, 0.05) is 32.3 Å². The quantitative estimate of drug-likeness (QED) is 0.740. The van der Waals surface area contributed by atoms with Gasteiger partial charge in [0.2, 0.25) is 0 Å². The van der Waals surface area contributed by atoms with E-state index in [1.54, 1.807) is 7.11 Å². The smallest absolute Gasteiger partial charge is 0.287 e. The minimum Gasteiger partial charge on any atom is -0.489 e. The molecule has 0 aliphatic carbocycles. The van der Waals surface area contributed by atoms with Crippen molar-refractivity contribution in [2.45, 2.75) is 38.8 Å². The second-order valence-electron chi connectivity index (χ2n) is 6.96. The topological polar surface area (TPSA) is 79.5 Å². The van der Waals surface area contributed by atoms with Crippen LogP contribution in [0.5, 0.6) is 5.75 Å². The van der Waals surface area contributed by atoms with Crippen molar-refractivity contribution in [2.75, 3.05) is 33.4 Å². The molecule has 1 aromatic heterocycles. The molecule has 0 radical (unpaired) electrons. The normalized spacial score (nSPS) is 16.3. The summed E-state index contributed by atoms with van der Waals surface area (Å²) < 4.78 is 10.7. The number of likely N-dealkylation sites (tertiary alicyclic amines) is 1. The van der Waals surface area contributed by atoms with Gasteiger partial charge < -0.3 is 24.7 Å². The summed E-state index contributed by atoms with van der Waals surface area (Å²) in [5, 5.41) is 3.11. The number of para-hydroxylation sites is 1. The first-order valence-corrected chi connectivity index (χ1v) is 9.24. The Morgan fingerprint density at radius 2 is 2.12 bits per heavy atom. The number of piperidine rings is 1. The highest BCUT2D eigenvalue weighted by Gasteiger charge is 2.23. The van der Waals surface area contributed by atoms with Crippen LogP contribution in [-0.2, 0) is 4.74 Å². The number of nitrogens with one attached hydrogen (secondary N) is 2. The van der Waals surface area contributed by atoms with Gasteiger partial charge >= 0.3 is 0 Å². The van der Waals surface area contributed by atoms with E-state index in [1.165, 1.54) is 0 Å². The second kappa shape index (κ2) is 8.51. The Morgan fingerprint density at radius 3 is 2.81 bits per heavy atom. The van der Waals surface area contributed by atoms with E-state index in [9.17, 15) is 4.79 Å². The summed E-state index contributed by atoms with van der Waals surface area (Å²) in [6, 6.07) is 6.37. The van der Waals surface area contributed by atoms with Gasteiger partial charge in [-0.05, 0) is 38.8 Å². The highest BCUT2D eigenvalue weighted by atomic mass is 16.5. The van der Waals surface area contributed by atoms with Gasteiger partial charge in [-0.25, -0.2) is 4.98 Å². The number of fused-ring (bicyclic) bond motifs is 1. The molecule has 1 aliphatic heterocycles. The molecule has 7 heteroatoms. The molecule has 2 aromatic rings. The Morgan fingerprint density at radius 1 is 1.35 bits per heavy atom. The molecule has 1 aliphatic rings. The van der Waals surface area contributed by atoms with Crippen molar-refractivity contribution in [3.05, 3.63) is 24.0 Å². The Hall–Kier alpha value is -2.12. The summed E-state index contributed by atoms with van der Waals surface area (Å²) in [4.78, 5) is 22.6. The maximum Gasteiger partial charge on any atom is 0.287 e. The third-order valence-corrected chi connectivity index (χ3v) is 4.83. The van der Waals surface area contributed by atoms with Crippen molar-refractivity contribution < 1.29 is 14.3 Å². The summed E-state index contributed by atoms with van der Waals surface area (Å²) in [7, 11) is 1.63. The predicted molar refractivity (Wildman–Crippen MR) is 101 cm³/mol. The molecule has 7 nitrogen and oxygen atoms in total. The van der Waals surface area contributed by atoms with E-state index in [2.05, 4.69) is 34.0 Å². The van der Waals surface area contributed by atoms with Crippen LogP contribution in [0.15, 0.2) is 18.2 Å². The van der Waals surface area contributed by atoms with Gasteiger partial charge in [-0.2, -0.15) is 0 Å². The van der Waals surface area contributed by atoms with Crippen LogP contribution in [0.4, 0.5) is 0 Å². The molecule has 1 fully saturated rings. The minimum atomic E-state index is -0.160. The van der Waals surface area contributed by atoms with Crippen molar-refractivity contribution in [3.8, 4) is 5.75 Å². The van der Waals surface area contributed by atoms with E-state index in [4.69, 9.17) is 9.47 Å². The SMILES string of the molecule is COCCOc1cccc2[nH]c(C(=O)NC3CCN(C(C)C)CC3)nc12. The maximum absolute atomic E-state index is 12.6. The first-order chi connectivity index (χ1) is 12.6. The van der Waals surface area contributed by atoms with Crippen LogP contribution >= 0.6 is 0 Å². The zero-order chi connectivity index (χ0) is 18.5. The number of H-pyrrole nitrogens is 1. The van der Waals surface area contributed by atoms with E-state index in [0.717, 1.165) is 31.4 Å². The van der Waals surface area contributed by atoms with Crippen LogP contribution in [0.25, 0.3) is 11.0 Å². The number of carbonyl (C=O) groups is 1. The standard InChI is InChI=1S/C19H28N4O3/c1-13(2)23-9-7-14(8-10-23)20-19(24)18-21-15-5-4-6-16(17(15)22-18)26-12-11-25-3/h4-6,13-14H,7-12H2,1-3H3,(H,20,24)(H,21,22). The van der Waals surface area contributed by atoms with Crippen LogP contribution in [0, 0.1) is 0 Å². The van der Waals surface area contributed by atoms with Gasteiger partial charge in [-0.1, -0.05) is 6.07 Å². The van der Waals surface area contributed by atoms with Gasteiger partial charge in [0.1, 0.15) is 17.9 Å². The van der Waals surface area contributed by atoms with E-state index in [0.29, 0.717) is 36.3 Å². The minimum absolute atomic E-state index is 0.160. The van der Waals surface area contributed by atoms with Gasteiger partial charge in [0.05, 0.1) is 12.1 Å². The van der Waals surface area contributed by atoms with Crippen LogP contribution in [-0.4, -0.2) is 66.3 Å². The fourth-order valence-electron chi connectivity index (χ4n) is 3.28. The lowest BCUT2D eigenvalue weighted by molar-refractivity contribution is 0.0891. The zero-order valence-corrected chi connectivity index (χ0v) is 15.7. The number of aromatic amines is 1. The molecule has 0 saturated carbocycles. The number of methoxy groups -OCH3 is 1. The molecule has 1 amide bonds. The van der Waals surface area contributed by atoms with E-state index < -0.39 is 0 Å². The molecule has 1 saturated heterocycles. The molecule has 0 unspecified atom stereocenters. The Kier molecular flexibility index (Phi) is 6.11. The number of ether oxygens (including phenoxy) is 2. The Labute approximate surface area is 154 Å². The first kappa shape index (κ1) is 18.7. The summed E-state index contributed by atoms with van der Waals surface area (Å²) >= 11 is 0. The van der Waals surface area contributed by atoms with Crippen molar-refractivity contribution >= 4 is 16.9 Å². The highest BCUT2D eigenvalue weighted by Crippen LogP contribution is 2.23. The monoisotopic (exact) mass is 360 g/mol. The molecular formula is C19H28N4O3. The van der Waals surface area contributed by atoms with Crippen LogP contribution in [0.2, 0.25) is 0 Å². The van der Waals surface area contributed by atoms with Gasteiger partial charge in [0.15, 0.2) is 5.82 Å². The number of amides is 1. The van der Waals surface area contributed by atoms with Crippen molar-refractivity contribution in [2.24, 2.45) is 0 Å². The molecular weight excluding hydrogens is 332 g/mol. The average molecular weight is 360 g/mol.